The first-order chi connectivity index (χ1) is 20.0. The van der Waals surface area contributed by atoms with E-state index in [-0.39, 0.29) is 41.4 Å². The minimum atomic E-state index is -4.37. The molecule has 0 aliphatic carbocycles. The molecule has 0 spiro atoms. The van der Waals surface area contributed by atoms with Crippen molar-refractivity contribution in [1.82, 2.24) is 10.2 Å². The molecule has 0 aromatic heterocycles. The van der Waals surface area contributed by atoms with Gasteiger partial charge in [0.25, 0.3) is 10.0 Å². The quantitative estimate of drug-likeness (QED) is 0.332. The van der Waals surface area contributed by atoms with Gasteiger partial charge in [0, 0.05) is 23.7 Å². The number of amides is 2. The Balaban J connectivity index is 1.71. The number of ether oxygens (including phenoxy) is 2. The molecule has 2 atom stereocenters. The van der Waals surface area contributed by atoms with Crippen LogP contribution in [0, 0.1) is 5.82 Å². The summed E-state index contributed by atoms with van der Waals surface area (Å²) in [7, 11) is -4.37. The molecule has 0 fully saturated rings. The van der Waals surface area contributed by atoms with Crippen molar-refractivity contribution in [1.29, 1.82) is 0 Å². The summed E-state index contributed by atoms with van der Waals surface area (Å²) in [6.07, 6.45) is 0.690. The van der Waals surface area contributed by atoms with E-state index < -0.39 is 34.3 Å². The highest BCUT2D eigenvalue weighted by Gasteiger charge is 2.33. The van der Waals surface area contributed by atoms with E-state index in [1.54, 1.807) is 31.2 Å². The predicted molar refractivity (Wildman–Crippen MR) is 158 cm³/mol. The van der Waals surface area contributed by atoms with E-state index in [1.807, 2.05) is 13.8 Å². The minimum Gasteiger partial charge on any atom is -0.486 e. The second-order valence-electron chi connectivity index (χ2n) is 9.94. The van der Waals surface area contributed by atoms with Crippen LogP contribution in [-0.2, 0) is 26.2 Å². The molecular weight excluding hydrogens is 585 g/mol. The molecule has 42 heavy (non-hydrogen) atoms. The molecule has 4 rings (SSSR count). The number of sulfonamides is 1. The summed E-state index contributed by atoms with van der Waals surface area (Å²) >= 11 is 6.04. The highest BCUT2D eigenvalue weighted by Crippen LogP contribution is 2.34. The first-order valence-electron chi connectivity index (χ1n) is 13.5. The lowest BCUT2D eigenvalue weighted by molar-refractivity contribution is -0.139. The van der Waals surface area contributed by atoms with Gasteiger partial charge in [0.2, 0.25) is 11.8 Å². The van der Waals surface area contributed by atoms with Crippen molar-refractivity contribution in [2.75, 3.05) is 24.1 Å². The summed E-state index contributed by atoms with van der Waals surface area (Å²) in [5.74, 6) is -0.925. The van der Waals surface area contributed by atoms with Crippen LogP contribution in [0.1, 0.15) is 32.8 Å². The zero-order valence-corrected chi connectivity index (χ0v) is 25.1. The third-order valence-electron chi connectivity index (χ3n) is 6.93. The van der Waals surface area contributed by atoms with E-state index in [1.165, 1.54) is 35.2 Å². The van der Waals surface area contributed by atoms with Crippen molar-refractivity contribution in [2.45, 2.75) is 50.7 Å². The first-order valence-corrected chi connectivity index (χ1v) is 15.3. The Morgan fingerprint density at radius 2 is 1.62 bits per heavy atom. The third kappa shape index (κ3) is 7.32. The summed E-state index contributed by atoms with van der Waals surface area (Å²) in [5, 5.41) is 3.39. The lowest BCUT2D eigenvalue weighted by Crippen LogP contribution is -2.52. The minimum absolute atomic E-state index is 0.0203. The molecule has 9 nitrogen and oxygen atoms in total. The summed E-state index contributed by atoms with van der Waals surface area (Å²) in [6, 6.07) is 14.7. The maximum Gasteiger partial charge on any atom is 0.264 e. The fourth-order valence-electron chi connectivity index (χ4n) is 4.28. The number of halogens is 2. The summed E-state index contributed by atoms with van der Waals surface area (Å²) in [5.41, 5.74) is 0.766. The normalized spacial score (nSPS) is 14.0. The average molecular weight is 618 g/mol. The molecule has 0 bridgehead atoms. The van der Waals surface area contributed by atoms with E-state index in [0.717, 1.165) is 16.4 Å². The predicted octanol–water partition coefficient (Wildman–Crippen LogP) is 4.78. The average Bonchev–Trinajstić information content (AvgIpc) is 2.99. The number of nitrogens with zero attached hydrogens (tertiary/aromatic N) is 2. The van der Waals surface area contributed by atoms with Crippen LogP contribution in [0.3, 0.4) is 0 Å². The largest absolute Gasteiger partial charge is 0.486 e. The zero-order valence-electron chi connectivity index (χ0n) is 23.5. The zero-order chi connectivity index (χ0) is 30.4. The molecule has 1 heterocycles. The van der Waals surface area contributed by atoms with Gasteiger partial charge >= 0.3 is 0 Å². The first kappa shape index (κ1) is 31.1. The molecule has 1 aliphatic heterocycles. The molecular formula is C30H33ClFN3O6S. The van der Waals surface area contributed by atoms with Crippen LogP contribution < -0.4 is 19.1 Å². The fraction of sp³-hybridized carbons (Fsp3) is 0.333. The lowest BCUT2D eigenvalue weighted by Gasteiger charge is -2.32. The SMILES string of the molecule is CC[C@@H](C)NC(=O)[C@H](C)N(Cc1ccc(Cl)cc1)C(=O)CN(c1ccc(F)cc1)S(=O)(=O)c1ccc2c(c1)OCCO2. The Morgan fingerprint density at radius 3 is 2.26 bits per heavy atom. The molecule has 1 N–H and O–H groups in total. The Bertz CT molecular complexity index is 1520. The summed E-state index contributed by atoms with van der Waals surface area (Å²) in [6.45, 7) is 5.32. The Labute approximate surface area is 250 Å². The smallest absolute Gasteiger partial charge is 0.264 e. The van der Waals surface area contributed by atoms with Gasteiger partial charge in [-0.25, -0.2) is 12.8 Å². The van der Waals surface area contributed by atoms with Crippen molar-refractivity contribution in [2.24, 2.45) is 0 Å². The maximum atomic E-state index is 14.0. The van der Waals surface area contributed by atoms with Gasteiger partial charge in [-0.1, -0.05) is 30.7 Å². The Hall–Kier alpha value is -3.83. The molecule has 0 radical (unpaired) electrons. The highest BCUT2D eigenvalue weighted by atomic mass is 35.5. The molecule has 3 aromatic rings. The van der Waals surface area contributed by atoms with E-state index >= 15 is 0 Å². The fourth-order valence-corrected chi connectivity index (χ4v) is 5.84. The van der Waals surface area contributed by atoms with Crippen LogP contribution in [0.15, 0.2) is 71.6 Å². The van der Waals surface area contributed by atoms with Gasteiger partial charge in [0.15, 0.2) is 11.5 Å². The third-order valence-corrected chi connectivity index (χ3v) is 8.95. The Morgan fingerprint density at radius 1 is 0.976 bits per heavy atom. The number of fused-ring (bicyclic) bond motifs is 1. The van der Waals surface area contributed by atoms with Gasteiger partial charge in [0.05, 0.1) is 10.6 Å². The molecule has 224 valence electrons. The summed E-state index contributed by atoms with van der Waals surface area (Å²) < 4.78 is 53.8. The lowest BCUT2D eigenvalue weighted by atomic mass is 10.1. The number of benzene rings is 3. The van der Waals surface area contributed by atoms with Crippen LogP contribution in [0.2, 0.25) is 5.02 Å². The number of rotatable bonds is 11. The summed E-state index contributed by atoms with van der Waals surface area (Å²) in [4.78, 5) is 28.3. The van der Waals surface area contributed by atoms with Crippen molar-refractivity contribution < 1.29 is 31.9 Å². The topological polar surface area (TPSA) is 105 Å². The number of anilines is 1. The van der Waals surface area contributed by atoms with Crippen LogP contribution in [0.25, 0.3) is 0 Å². The van der Waals surface area contributed by atoms with Crippen LogP contribution in [-0.4, -0.2) is 57.0 Å². The van der Waals surface area contributed by atoms with Crippen LogP contribution in [0.5, 0.6) is 11.5 Å². The van der Waals surface area contributed by atoms with Crippen molar-refractivity contribution in [3.05, 3.63) is 83.1 Å². The van der Waals surface area contributed by atoms with Gasteiger partial charge in [-0.15, -0.1) is 0 Å². The highest BCUT2D eigenvalue weighted by molar-refractivity contribution is 7.92. The second kappa shape index (κ2) is 13.4. The van der Waals surface area contributed by atoms with E-state index in [9.17, 15) is 22.4 Å². The number of carbonyl (C=O) groups excluding carboxylic acids is 2. The van der Waals surface area contributed by atoms with Crippen molar-refractivity contribution in [3.8, 4) is 11.5 Å². The standard InChI is InChI=1S/C30H33ClFN3O6S/c1-4-20(2)33-30(37)21(3)34(18-22-5-7-23(31)8-6-22)29(36)19-35(25-11-9-24(32)10-12-25)42(38,39)26-13-14-27-28(17-26)41-16-15-40-27/h5-14,17,20-21H,4,15-16,18-19H2,1-3H3,(H,33,37)/t20-,21+/m1/s1. The molecule has 1 aliphatic rings. The van der Waals surface area contributed by atoms with Crippen LogP contribution >= 0.6 is 11.6 Å². The monoisotopic (exact) mass is 617 g/mol. The van der Waals surface area contributed by atoms with Gasteiger partial charge in [-0.3, -0.25) is 13.9 Å². The van der Waals surface area contributed by atoms with E-state index in [0.29, 0.717) is 29.4 Å². The van der Waals surface area contributed by atoms with Gasteiger partial charge < -0.3 is 19.7 Å². The molecule has 0 saturated heterocycles. The van der Waals surface area contributed by atoms with Crippen LogP contribution in [0.4, 0.5) is 10.1 Å². The van der Waals surface area contributed by atoms with E-state index in [4.69, 9.17) is 21.1 Å². The molecule has 0 saturated carbocycles. The molecule has 3 aromatic carbocycles. The molecule has 0 unspecified atom stereocenters. The number of hydrogen-bond acceptors (Lipinski definition) is 6. The second-order valence-corrected chi connectivity index (χ2v) is 12.2. The number of carbonyl (C=O) groups is 2. The van der Waals surface area contributed by atoms with Crippen molar-refractivity contribution in [3.63, 3.8) is 0 Å². The molecule has 12 heteroatoms. The van der Waals surface area contributed by atoms with Gasteiger partial charge in [0.1, 0.15) is 31.6 Å². The number of hydrogen-bond donors (Lipinski definition) is 1. The van der Waals surface area contributed by atoms with Gasteiger partial charge in [-0.05, 0) is 74.4 Å². The van der Waals surface area contributed by atoms with E-state index in [2.05, 4.69) is 5.32 Å². The van der Waals surface area contributed by atoms with Crippen molar-refractivity contribution >= 4 is 39.1 Å². The maximum absolute atomic E-state index is 14.0. The number of nitrogens with one attached hydrogen (secondary N) is 1. The Kier molecular flexibility index (Phi) is 9.95. The molecule has 2 amide bonds. The van der Waals surface area contributed by atoms with Gasteiger partial charge in [-0.2, -0.15) is 0 Å².